The van der Waals surface area contributed by atoms with Crippen molar-refractivity contribution in [3.05, 3.63) is 66.5 Å². The van der Waals surface area contributed by atoms with E-state index in [0.717, 1.165) is 12.8 Å². The van der Waals surface area contributed by atoms with Gasteiger partial charge in [-0.3, -0.25) is 14.4 Å². The highest BCUT2D eigenvalue weighted by Gasteiger charge is 2.32. The molecule has 1 fully saturated rings. The highest BCUT2D eigenvalue weighted by atomic mass is 19.4. The van der Waals surface area contributed by atoms with Crippen LogP contribution in [0.4, 0.5) is 24.7 Å². The maximum atomic E-state index is 13.2. The number of rotatable bonds is 7. The van der Waals surface area contributed by atoms with Crippen molar-refractivity contribution >= 4 is 40.3 Å². The molecule has 16 heteroatoms. The van der Waals surface area contributed by atoms with Crippen molar-refractivity contribution in [1.29, 1.82) is 0 Å². The normalized spacial score (nSPS) is 15.9. The number of carbonyl (C=O) groups excluding carboxylic acids is 3. The third kappa shape index (κ3) is 5.88. The van der Waals surface area contributed by atoms with Crippen LogP contribution in [0, 0.1) is 0 Å². The molecule has 6 rings (SSSR count). The predicted octanol–water partition coefficient (Wildman–Crippen LogP) is 3.70. The Morgan fingerprint density at radius 1 is 1.09 bits per heavy atom. The molecule has 0 spiro atoms. The molecule has 2 aromatic heterocycles. The molecule has 4 aromatic rings. The molecule has 2 aliphatic rings. The Morgan fingerprint density at radius 2 is 1.85 bits per heavy atom. The Hall–Kier alpha value is -5.67. The first-order chi connectivity index (χ1) is 22.0. The molecule has 0 radical (unpaired) electrons. The maximum absolute atomic E-state index is 13.2. The lowest BCUT2D eigenvalue weighted by atomic mass is 10.1. The summed E-state index contributed by atoms with van der Waals surface area (Å²) in [6.07, 6.45) is -0.460. The Bertz CT molecular complexity index is 1880. The Kier molecular flexibility index (Phi) is 7.93. The zero-order valence-corrected chi connectivity index (χ0v) is 24.1. The van der Waals surface area contributed by atoms with Crippen LogP contribution in [0.25, 0.3) is 22.3 Å². The number of anilines is 2. The number of nitrogens with zero attached hydrogens (tertiary/aromatic N) is 5. The third-order valence-corrected chi connectivity index (χ3v) is 7.61. The zero-order chi connectivity index (χ0) is 32.6. The molecule has 0 unspecified atom stereocenters. The number of ether oxygens (including phenoxy) is 2. The summed E-state index contributed by atoms with van der Waals surface area (Å²) in [6.45, 7) is 2.93. The molecule has 0 bridgehead atoms. The monoisotopic (exact) mass is 636 g/mol. The van der Waals surface area contributed by atoms with E-state index < -0.39 is 24.5 Å². The highest BCUT2D eigenvalue weighted by molar-refractivity contribution is 6.08. The smallest absolute Gasteiger partial charge is 0.405 e. The quantitative estimate of drug-likeness (QED) is 0.256. The average molecular weight is 637 g/mol. The summed E-state index contributed by atoms with van der Waals surface area (Å²) in [6, 6.07) is 8.33. The van der Waals surface area contributed by atoms with Gasteiger partial charge < -0.3 is 30.7 Å². The third-order valence-electron chi connectivity index (χ3n) is 7.61. The van der Waals surface area contributed by atoms with Crippen LogP contribution in [0.3, 0.4) is 0 Å². The second kappa shape index (κ2) is 12.0. The van der Waals surface area contributed by atoms with E-state index in [1.54, 1.807) is 27.0 Å². The Morgan fingerprint density at radius 3 is 2.61 bits per heavy atom. The van der Waals surface area contributed by atoms with E-state index in [1.165, 1.54) is 36.7 Å². The number of nitrogen functional groups attached to an aromatic ring is 1. The fraction of sp³-hybridized carbons (Fsp3) is 0.267. The van der Waals surface area contributed by atoms with Crippen molar-refractivity contribution in [1.82, 2.24) is 30.0 Å². The fourth-order valence-electron chi connectivity index (χ4n) is 5.48. The topological polar surface area (TPSA) is 167 Å². The van der Waals surface area contributed by atoms with Crippen LogP contribution in [0.2, 0.25) is 0 Å². The zero-order valence-electron chi connectivity index (χ0n) is 24.1. The number of benzene rings is 2. The molecular formula is C30H27F3N8O5. The summed E-state index contributed by atoms with van der Waals surface area (Å²) >= 11 is 0. The lowest BCUT2D eigenvalue weighted by Crippen LogP contribution is -2.40. The predicted molar refractivity (Wildman–Crippen MR) is 159 cm³/mol. The van der Waals surface area contributed by atoms with Crippen molar-refractivity contribution in [2.75, 3.05) is 37.5 Å². The number of hydrogen-bond donors (Lipinski definition) is 3. The number of hydrogen-bond acceptors (Lipinski definition) is 9. The molecule has 46 heavy (non-hydrogen) atoms. The standard InChI is InChI=1S/C30H27F3N8O5/c1-2-21(42)40-10-4-7-18(12-40)41-27-22(26(34)36-14-37-27)23(39-41)19-8-9-20(25-24(19)45-15-46-25)38-29(44)17-6-3-5-16(11-17)28(43)35-13-30(31,32)33/h2-3,5-6,8-9,11,14,18H,1,4,7,10,12-13,15H2,(H,35,43)(H,38,44)(H2,34,36,37)/t18-/m1/s1. The van der Waals surface area contributed by atoms with E-state index >= 15 is 0 Å². The molecular weight excluding hydrogens is 609 g/mol. The first-order valence-electron chi connectivity index (χ1n) is 14.1. The second-order valence-corrected chi connectivity index (χ2v) is 10.6. The van der Waals surface area contributed by atoms with Gasteiger partial charge in [0.2, 0.25) is 12.7 Å². The van der Waals surface area contributed by atoms with E-state index in [2.05, 4.69) is 21.9 Å². The van der Waals surface area contributed by atoms with E-state index in [9.17, 15) is 27.6 Å². The van der Waals surface area contributed by atoms with Gasteiger partial charge in [-0.2, -0.15) is 18.3 Å². The Balaban J connectivity index is 1.31. The van der Waals surface area contributed by atoms with Gasteiger partial charge in [-0.1, -0.05) is 12.6 Å². The lowest BCUT2D eigenvalue weighted by Gasteiger charge is -2.32. The molecule has 4 heterocycles. The number of carbonyl (C=O) groups is 3. The van der Waals surface area contributed by atoms with E-state index in [1.807, 2.05) is 0 Å². The molecule has 238 valence electrons. The molecule has 4 N–H and O–H groups in total. The van der Waals surface area contributed by atoms with Crippen molar-refractivity contribution in [3.63, 3.8) is 0 Å². The van der Waals surface area contributed by atoms with Gasteiger partial charge in [0.1, 0.15) is 24.4 Å². The van der Waals surface area contributed by atoms with Crippen LogP contribution in [-0.4, -0.2) is 75.0 Å². The molecule has 2 aromatic carbocycles. The molecule has 3 amide bonds. The Labute approximate surface area is 259 Å². The largest absolute Gasteiger partial charge is 0.453 e. The van der Waals surface area contributed by atoms with Gasteiger partial charge >= 0.3 is 6.18 Å². The average Bonchev–Trinajstić information content (AvgIpc) is 3.70. The minimum atomic E-state index is -4.58. The van der Waals surface area contributed by atoms with Crippen LogP contribution in [0.5, 0.6) is 11.5 Å². The van der Waals surface area contributed by atoms with Crippen LogP contribution in [-0.2, 0) is 4.79 Å². The molecule has 1 saturated heterocycles. The molecule has 0 saturated carbocycles. The first-order valence-corrected chi connectivity index (χ1v) is 14.1. The molecule has 1 atom stereocenters. The van der Waals surface area contributed by atoms with E-state index in [-0.39, 0.29) is 52.9 Å². The van der Waals surface area contributed by atoms with Gasteiger partial charge in [0, 0.05) is 29.8 Å². The number of fused-ring (bicyclic) bond motifs is 2. The maximum Gasteiger partial charge on any atom is 0.405 e. The minimum absolute atomic E-state index is 0.0301. The molecule has 2 aliphatic heterocycles. The molecule has 0 aliphatic carbocycles. The van der Waals surface area contributed by atoms with Crippen LogP contribution in [0.1, 0.15) is 39.6 Å². The summed E-state index contributed by atoms with van der Waals surface area (Å²) in [4.78, 5) is 48.0. The summed E-state index contributed by atoms with van der Waals surface area (Å²) in [5.74, 6) is -1.11. The van der Waals surface area contributed by atoms with Gasteiger partial charge in [-0.05, 0) is 49.2 Å². The van der Waals surface area contributed by atoms with Crippen molar-refractivity contribution < 1.29 is 37.0 Å². The number of nitrogens with one attached hydrogen (secondary N) is 2. The van der Waals surface area contributed by atoms with E-state index in [4.69, 9.17) is 20.3 Å². The van der Waals surface area contributed by atoms with Crippen molar-refractivity contribution in [3.8, 4) is 22.8 Å². The number of nitrogens with two attached hydrogens (primary N) is 1. The van der Waals surface area contributed by atoms with Gasteiger partial charge in [-0.15, -0.1) is 0 Å². The molecule has 13 nitrogen and oxygen atoms in total. The minimum Gasteiger partial charge on any atom is -0.453 e. The number of halogens is 3. The highest BCUT2D eigenvalue weighted by Crippen LogP contribution is 2.48. The number of aromatic nitrogens is 4. The SMILES string of the molecule is C=CC(=O)N1CCC[C@@H](n2nc(-c3ccc(NC(=O)c4cccc(C(=O)NCC(F)(F)F)c4)c4c3OCO4)c3c(N)ncnc32)C1. The van der Waals surface area contributed by atoms with Crippen LogP contribution >= 0.6 is 0 Å². The summed E-state index contributed by atoms with van der Waals surface area (Å²) < 4.78 is 50.8. The van der Waals surface area contributed by atoms with E-state index in [0.29, 0.717) is 35.4 Å². The van der Waals surface area contributed by atoms with Crippen molar-refractivity contribution in [2.45, 2.75) is 25.1 Å². The van der Waals surface area contributed by atoms with Gasteiger partial charge in [-0.25, -0.2) is 14.6 Å². The van der Waals surface area contributed by atoms with Crippen LogP contribution < -0.4 is 25.8 Å². The summed E-state index contributed by atoms with van der Waals surface area (Å²) in [5.41, 5.74) is 7.86. The first kappa shape index (κ1) is 30.4. The summed E-state index contributed by atoms with van der Waals surface area (Å²) in [5, 5.41) is 9.84. The number of likely N-dealkylation sites (tertiary alicyclic amines) is 1. The number of piperidine rings is 1. The lowest BCUT2D eigenvalue weighted by molar-refractivity contribution is -0.127. The van der Waals surface area contributed by atoms with Gasteiger partial charge in [0.15, 0.2) is 17.1 Å². The van der Waals surface area contributed by atoms with Crippen LogP contribution in [0.15, 0.2) is 55.4 Å². The van der Waals surface area contributed by atoms with Gasteiger partial charge in [0.25, 0.3) is 11.8 Å². The summed E-state index contributed by atoms with van der Waals surface area (Å²) in [7, 11) is 0. The number of amides is 3. The fourth-order valence-corrected chi connectivity index (χ4v) is 5.48. The second-order valence-electron chi connectivity index (χ2n) is 10.6. The number of alkyl halides is 3. The van der Waals surface area contributed by atoms with Gasteiger partial charge in [0.05, 0.1) is 17.1 Å². The van der Waals surface area contributed by atoms with Crippen molar-refractivity contribution in [2.24, 2.45) is 0 Å².